The van der Waals surface area contributed by atoms with E-state index >= 15 is 0 Å². The van der Waals surface area contributed by atoms with E-state index in [0.29, 0.717) is 18.5 Å². The van der Waals surface area contributed by atoms with Crippen LogP contribution in [0.2, 0.25) is 0 Å². The average Bonchev–Trinajstić information content (AvgIpc) is 3.16. The Labute approximate surface area is 141 Å². The van der Waals surface area contributed by atoms with Crippen molar-refractivity contribution < 1.29 is 9.18 Å². The Hall–Kier alpha value is -2.05. The quantitative estimate of drug-likeness (QED) is 0.714. The molecule has 0 unspecified atom stereocenters. The van der Waals surface area contributed by atoms with Gasteiger partial charge < -0.3 is 5.32 Å². The molecule has 0 saturated heterocycles. The lowest BCUT2D eigenvalue weighted by Crippen LogP contribution is -2.12. The van der Waals surface area contributed by atoms with Crippen LogP contribution in [0.1, 0.15) is 16.3 Å². The fraction of sp³-hybridized carbons (Fsp3) is 0.176. The van der Waals surface area contributed by atoms with Crippen LogP contribution in [-0.4, -0.2) is 10.9 Å². The summed E-state index contributed by atoms with van der Waals surface area (Å²) in [5.74, 6) is -0.400. The van der Waals surface area contributed by atoms with E-state index < -0.39 is 0 Å². The van der Waals surface area contributed by atoms with Gasteiger partial charge in [-0.25, -0.2) is 9.37 Å². The number of rotatable bonds is 5. The van der Waals surface area contributed by atoms with E-state index in [2.05, 4.69) is 10.3 Å². The van der Waals surface area contributed by atoms with Gasteiger partial charge in [0.15, 0.2) is 0 Å². The Morgan fingerprint density at radius 3 is 2.74 bits per heavy atom. The highest BCUT2D eigenvalue weighted by atomic mass is 32.1. The number of carbonyl (C=O) groups is 1. The molecule has 3 rings (SSSR count). The molecule has 0 atom stereocenters. The fourth-order valence-corrected chi connectivity index (χ4v) is 3.98. The highest BCUT2D eigenvalue weighted by molar-refractivity contribution is 7.15. The van der Waals surface area contributed by atoms with Crippen molar-refractivity contribution in [3.05, 3.63) is 57.5 Å². The molecular weight excluding hydrogens is 331 g/mol. The van der Waals surface area contributed by atoms with Gasteiger partial charge in [-0.15, -0.1) is 22.7 Å². The largest absolute Gasteiger partial charge is 0.326 e. The molecule has 0 radical (unpaired) electrons. The zero-order valence-corrected chi connectivity index (χ0v) is 14.1. The van der Waals surface area contributed by atoms with Crippen LogP contribution in [0.5, 0.6) is 0 Å². The van der Waals surface area contributed by atoms with Crippen molar-refractivity contribution in [1.82, 2.24) is 4.98 Å². The number of nitrogens with one attached hydrogen (secondary N) is 1. The van der Waals surface area contributed by atoms with Crippen LogP contribution < -0.4 is 5.32 Å². The molecule has 0 bridgehead atoms. The lowest BCUT2D eigenvalue weighted by Gasteiger charge is -2.05. The topological polar surface area (TPSA) is 42.0 Å². The van der Waals surface area contributed by atoms with Crippen molar-refractivity contribution in [2.45, 2.75) is 19.8 Å². The zero-order chi connectivity index (χ0) is 16.2. The van der Waals surface area contributed by atoms with Crippen LogP contribution in [-0.2, 0) is 11.2 Å². The molecule has 0 aliphatic heterocycles. The Kier molecular flexibility index (Phi) is 4.83. The fourth-order valence-electron chi connectivity index (χ4n) is 2.23. The standard InChI is InChI=1S/C17H15FN2OS2/c1-11-19-17(14-3-2-10-22-14)15(23-11)8-9-16(21)20-13-6-4-12(18)5-7-13/h2-7,10H,8-9H2,1H3,(H,20,21). The lowest BCUT2D eigenvalue weighted by molar-refractivity contribution is -0.116. The Balaban J connectivity index is 1.64. The van der Waals surface area contributed by atoms with Crippen molar-refractivity contribution >= 4 is 34.3 Å². The van der Waals surface area contributed by atoms with E-state index in [0.717, 1.165) is 20.5 Å². The molecule has 2 heterocycles. The van der Waals surface area contributed by atoms with Gasteiger partial charge in [-0.3, -0.25) is 4.79 Å². The molecule has 1 amide bonds. The van der Waals surface area contributed by atoms with Gasteiger partial charge >= 0.3 is 0 Å². The van der Waals surface area contributed by atoms with Gasteiger partial charge in [-0.1, -0.05) is 6.07 Å². The molecule has 23 heavy (non-hydrogen) atoms. The molecule has 3 nitrogen and oxygen atoms in total. The third-order valence-electron chi connectivity index (χ3n) is 3.27. The van der Waals surface area contributed by atoms with Gasteiger partial charge in [-0.2, -0.15) is 0 Å². The molecule has 1 aromatic carbocycles. The highest BCUT2D eigenvalue weighted by Crippen LogP contribution is 2.32. The van der Waals surface area contributed by atoms with E-state index in [4.69, 9.17) is 0 Å². The smallest absolute Gasteiger partial charge is 0.224 e. The minimum absolute atomic E-state index is 0.0835. The number of nitrogens with zero attached hydrogens (tertiary/aromatic N) is 1. The summed E-state index contributed by atoms with van der Waals surface area (Å²) in [4.78, 5) is 18.9. The van der Waals surface area contributed by atoms with Crippen molar-refractivity contribution in [3.63, 3.8) is 0 Å². The van der Waals surface area contributed by atoms with E-state index in [1.54, 1.807) is 34.8 Å². The first-order chi connectivity index (χ1) is 11.1. The van der Waals surface area contributed by atoms with Crippen molar-refractivity contribution in [1.29, 1.82) is 0 Å². The van der Waals surface area contributed by atoms with E-state index in [9.17, 15) is 9.18 Å². The van der Waals surface area contributed by atoms with Gasteiger partial charge in [0.1, 0.15) is 5.82 Å². The maximum atomic E-state index is 12.9. The second kappa shape index (κ2) is 7.02. The summed E-state index contributed by atoms with van der Waals surface area (Å²) in [6.07, 6.45) is 1.02. The highest BCUT2D eigenvalue weighted by Gasteiger charge is 2.13. The van der Waals surface area contributed by atoms with E-state index in [1.165, 1.54) is 12.1 Å². The summed E-state index contributed by atoms with van der Waals surface area (Å²) in [5.41, 5.74) is 1.59. The van der Waals surface area contributed by atoms with Crippen LogP contribution in [0.4, 0.5) is 10.1 Å². The SMILES string of the molecule is Cc1nc(-c2cccs2)c(CCC(=O)Nc2ccc(F)cc2)s1. The summed E-state index contributed by atoms with van der Waals surface area (Å²) in [6, 6.07) is 9.82. The van der Waals surface area contributed by atoms with Crippen LogP contribution in [0.3, 0.4) is 0 Å². The lowest BCUT2D eigenvalue weighted by atomic mass is 10.2. The first kappa shape index (κ1) is 15.8. The molecule has 0 aliphatic carbocycles. The van der Waals surface area contributed by atoms with Gasteiger partial charge in [0.25, 0.3) is 0 Å². The first-order valence-electron chi connectivity index (χ1n) is 7.17. The van der Waals surface area contributed by atoms with Gasteiger partial charge in [0.2, 0.25) is 5.91 Å². The number of halogens is 1. The van der Waals surface area contributed by atoms with E-state index in [-0.39, 0.29) is 11.7 Å². The third-order valence-corrected chi connectivity index (χ3v) is 5.17. The number of benzene rings is 1. The Bertz CT molecular complexity index is 795. The molecule has 3 aromatic rings. The molecule has 6 heteroatoms. The summed E-state index contributed by atoms with van der Waals surface area (Å²) >= 11 is 3.28. The van der Waals surface area contributed by atoms with Crippen molar-refractivity contribution in [2.24, 2.45) is 0 Å². The number of aromatic nitrogens is 1. The summed E-state index contributed by atoms with van der Waals surface area (Å²) in [6.45, 7) is 1.98. The normalized spacial score (nSPS) is 10.7. The average molecular weight is 346 g/mol. The number of carbonyl (C=O) groups excluding carboxylic acids is 1. The second-order valence-corrected chi connectivity index (χ2v) is 7.27. The molecule has 118 valence electrons. The number of amides is 1. The minimum atomic E-state index is -0.316. The van der Waals surface area contributed by atoms with Crippen LogP contribution in [0.15, 0.2) is 41.8 Å². The minimum Gasteiger partial charge on any atom is -0.326 e. The number of thiazole rings is 1. The van der Waals surface area contributed by atoms with Crippen molar-refractivity contribution in [3.8, 4) is 10.6 Å². The van der Waals surface area contributed by atoms with Gasteiger partial charge in [0.05, 0.1) is 15.6 Å². The Morgan fingerprint density at radius 1 is 1.26 bits per heavy atom. The molecule has 0 aliphatic rings. The maximum Gasteiger partial charge on any atom is 0.224 e. The zero-order valence-electron chi connectivity index (χ0n) is 12.5. The number of hydrogen-bond donors (Lipinski definition) is 1. The number of aryl methyl sites for hydroxylation is 2. The second-order valence-electron chi connectivity index (χ2n) is 5.04. The molecular formula is C17H15FN2OS2. The molecule has 0 saturated carbocycles. The monoisotopic (exact) mass is 346 g/mol. The third kappa shape index (κ3) is 4.03. The number of hydrogen-bond acceptors (Lipinski definition) is 4. The summed E-state index contributed by atoms with van der Waals surface area (Å²) in [5, 5.41) is 5.81. The molecule has 2 aromatic heterocycles. The van der Waals surface area contributed by atoms with Crippen LogP contribution >= 0.6 is 22.7 Å². The Morgan fingerprint density at radius 2 is 2.04 bits per heavy atom. The van der Waals surface area contributed by atoms with Gasteiger partial charge in [-0.05, 0) is 49.1 Å². The first-order valence-corrected chi connectivity index (χ1v) is 8.87. The number of anilines is 1. The maximum absolute atomic E-state index is 12.9. The predicted octanol–water partition coefficient (Wildman–Crippen LogP) is 4.89. The molecule has 1 N–H and O–H groups in total. The van der Waals surface area contributed by atoms with Crippen LogP contribution in [0, 0.1) is 12.7 Å². The molecule has 0 fully saturated rings. The van der Waals surface area contributed by atoms with E-state index in [1.807, 2.05) is 24.4 Å². The molecule has 0 spiro atoms. The van der Waals surface area contributed by atoms with Crippen LogP contribution in [0.25, 0.3) is 10.6 Å². The van der Waals surface area contributed by atoms with Gasteiger partial charge in [0, 0.05) is 17.0 Å². The summed E-state index contributed by atoms with van der Waals surface area (Å²) in [7, 11) is 0. The van der Waals surface area contributed by atoms with Crippen molar-refractivity contribution in [2.75, 3.05) is 5.32 Å². The summed E-state index contributed by atoms with van der Waals surface area (Å²) < 4.78 is 12.9. The predicted molar refractivity (Wildman–Crippen MR) is 93.5 cm³/mol. The number of thiophene rings is 1.